The Hall–Kier alpha value is -2.34. The molecule has 0 bridgehead atoms. The smallest absolute Gasteiger partial charge is 0.355 e. The minimum atomic E-state index is -4.61. The molecule has 1 aliphatic heterocycles. The van der Waals surface area contributed by atoms with Crippen LogP contribution in [0.2, 0.25) is 0 Å². The summed E-state index contributed by atoms with van der Waals surface area (Å²) >= 11 is 0. The second kappa shape index (κ2) is 6.83. The van der Waals surface area contributed by atoms with Gasteiger partial charge >= 0.3 is 6.18 Å². The number of hydrogen-bond acceptors (Lipinski definition) is 4. The maximum Gasteiger partial charge on any atom is 0.416 e. The fourth-order valence-electron chi connectivity index (χ4n) is 2.66. The van der Waals surface area contributed by atoms with E-state index in [1.807, 2.05) is 0 Å². The van der Waals surface area contributed by atoms with E-state index in [-0.39, 0.29) is 5.69 Å². The van der Waals surface area contributed by atoms with Crippen LogP contribution >= 0.6 is 0 Å². The van der Waals surface area contributed by atoms with Crippen LogP contribution in [0.3, 0.4) is 0 Å². The van der Waals surface area contributed by atoms with Crippen LogP contribution in [0.1, 0.15) is 12.0 Å². The van der Waals surface area contributed by atoms with E-state index in [9.17, 15) is 23.3 Å². The summed E-state index contributed by atoms with van der Waals surface area (Å²) in [5, 5.41) is 19.7. The van der Waals surface area contributed by atoms with Gasteiger partial charge in [0.1, 0.15) is 5.69 Å². The second-order valence-electron chi connectivity index (χ2n) is 5.35. The molecule has 0 atom stereocenters. The fraction of sp³-hybridized carbons (Fsp3) is 0.500. The van der Waals surface area contributed by atoms with Crippen LogP contribution in [0.4, 0.5) is 24.5 Å². The number of rotatable bonds is 4. The van der Waals surface area contributed by atoms with Gasteiger partial charge in [-0.25, -0.2) is 0 Å². The highest BCUT2D eigenvalue weighted by Crippen LogP contribution is 2.36. The molecule has 2 rings (SSSR count). The van der Waals surface area contributed by atoms with Crippen molar-refractivity contribution in [3.05, 3.63) is 33.9 Å². The van der Waals surface area contributed by atoms with E-state index in [0.29, 0.717) is 45.2 Å². The molecule has 1 saturated heterocycles. The van der Waals surface area contributed by atoms with Gasteiger partial charge in [0.2, 0.25) is 0 Å². The van der Waals surface area contributed by atoms with Crippen molar-refractivity contribution in [2.75, 3.05) is 37.6 Å². The van der Waals surface area contributed by atoms with Gasteiger partial charge in [-0.3, -0.25) is 10.1 Å². The van der Waals surface area contributed by atoms with Crippen molar-refractivity contribution in [1.29, 1.82) is 5.26 Å². The molecular formula is C14H16F3N4O2+. The summed E-state index contributed by atoms with van der Waals surface area (Å²) < 4.78 is 38.1. The standard InChI is InChI=1S/C14H15F3N4O2/c15-14(16,17)11-2-3-12(13(10-11)21(22)23)20-8-6-19(7-9-20)5-1-4-18/h2-3,10H,1,5-9H2/p+1. The van der Waals surface area contributed by atoms with Crippen molar-refractivity contribution in [3.8, 4) is 6.07 Å². The van der Waals surface area contributed by atoms with Gasteiger partial charge in [0, 0.05) is 6.07 Å². The van der Waals surface area contributed by atoms with Gasteiger partial charge < -0.3 is 9.80 Å². The van der Waals surface area contributed by atoms with E-state index in [0.717, 1.165) is 6.07 Å². The van der Waals surface area contributed by atoms with E-state index in [1.165, 1.54) is 11.0 Å². The third-order valence-corrected chi connectivity index (χ3v) is 3.90. The van der Waals surface area contributed by atoms with Crippen LogP contribution in [-0.2, 0) is 6.18 Å². The lowest BCUT2D eigenvalue weighted by atomic mass is 10.1. The summed E-state index contributed by atoms with van der Waals surface area (Å²) in [5.74, 6) is 0. The molecule has 0 unspecified atom stereocenters. The number of nitro groups is 1. The van der Waals surface area contributed by atoms with Gasteiger partial charge in [-0.05, 0) is 12.1 Å². The molecule has 0 amide bonds. The SMILES string of the molecule is N#CCC[NH+]1CCN(c2ccc(C(F)(F)F)cc2[N+](=O)[O-])CC1. The molecule has 0 spiro atoms. The number of halogens is 3. The van der Waals surface area contributed by atoms with Crippen molar-refractivity contribution >= 4 is 11.4 Å². The van der Waals surface area contributed by atoms with Crippen LogP contribution in [0.25, 0.3) is 0 Å². The molecule has 9 heteroatoms. The lowest BCUT2D eigenvalue weighted by Gasteiger charge is -2.33. The maximum atomic E-state index is 12.7. The Morgan fingerprint density at radius 1 is 1.35 bits per heavy atom. The highest BCUT2D eigenvalue weighted by Gasteiger charge is 2.34. The first-order valence-electron chi connectivity index (χ1n) is 7.14. The average molecular weight is 329 g/mol. The Morgan fingerprint density at radius 3 is 2.52 bits per heavy atom. The molecule has 1 fully saturated rings. The molecule has 1 heterocycles. The van der Waals surface area contributed by atoms with E-state index < -0.39 is 22.4 Å². The molecule has 0 radical (unpaired) electrons. The molecule has 1 aromatic rings. The maximum absolute atomic E-state index is 12.7. The van der Waals surface area contributed by atoms with Gasteiger partial charge in [-0.2, -0.15) is 18.4 Å². The fourth-order valence-corrected chi connectivity index (χ4v) is 2.66. The minimum absolute atomic E-state index is 0.210. The molecule has 1 aromatic carbocycles. The zero-order chi connectivity index (χ0) is 17.0. The van der Waals surface area contributed by atoms with Crippen LogP contribution in [0, 0.1) is 21.4 Å². The van der Waals surface area contributed by atoms with Crippen molar-refractivity contribution in [3.63, 3.8) is 0 Å². The number of piperazine rings is 1. The summed E-state index contributed by atoms with van der Waals surface area (Å²) in [6.07, 6.45) is -4.17. The largest absolute Gasteiger partial charge is 0.416 e. The number of nitriles is 1. The Labute approximate surface area is 130 Å². The summed E-state index contributed by atoms with van der Waals surface area (Å²) in [6, 6.07) is 4.70. The zero-order valence-electron chi connectivity index (χ0n) is 12.3. The number of benzene rings is 1. The minimum Gasteiger partial charge on any atom is -0.355 e. The molecule has 23 heavy (non-hydrogen) atoms. The van der Waals surface area contributed by atoms with E-state index >= 15 is 0 Å². The first-order chi connectivity index (χ1) is 10.8. The lowest BCUT2D eigenvalue weighted by molar-refractivity contribution is -0.900. The van der Waals surface area contributed by atoms with Crippen molar-refractivity contribution in [1.82, 2.24) is 0 Å². The third kappa shape index (κ3) is 4.10. The molecule has 124 valence electrons. The van der Waals surface area contributed by atoms with Crippen LogP contribution in [-0.4, -0.2) is 37.6 Å². The summed E-state index contributed by atoms with van der Waals surface area (Å²) in [4.78, 5) is 13.3. The topological polar surface area (TPSA) is 74.6 Å². The Morgan fingerprint density at radius 2 is 2.00 bits per heavy atom. The van der Waals surface area contributed by atoms with Gasteiger partial charge in [0.25, 0.3) is 5.69 Å². The molecule has 0 aliphatic carbocycles. The summed E-state index contributed by atoms with van der Waals surface area (Å²) in [5.41, 5.74) is -1.34. The predicted octanol–water partition coefficient (Wildman–Crippen LogP) is 1.23. The Balaban J connectivity index is 2.17. The van der Waals surface area contributed by atoms with Gasteiger partial charge in [0.15, 0.2) is 0 Å². The van der Waals surface area contributed by atoms with E-state index in [1.54, 1.807) is 4.90 Å². The predicted molar refractivity (Wildman–Crippen MR) is 76.1 cm³/mol. The monoisotopic (exact) mass is 329 g/mol. The summed E-state index contributed by atoms with van der Waals surface area (Å²) in [7, 11) is 0. The first kappa shape index (κ1) is 17.0. The molecule has 1 aliphatic rings. The third-order valence-electron chi connectivity index (χ3n) is 3.90. The van der Waals surface area contributed by atoms with Crippen LogP contribution in [0.5, 0.6) is 0 Å². The van der Waals surface area contributed by atoms with Crippen LogP contribution in [0.15, 0.2) is 18.2 Å². The number of anilines is 1. The first-order valence-corrected chi connectivity index (χ1v) is 7.14. The molecule has 0 saturated carbocycles. The number of nitro benzene ring substituents is 1. The normalized spacial score (nSPS) is 16.2. The molecule has 6 nitrogen and oxygen atoms in total. The molecule has 0 aromatic heterocycles. The molecular weight excluding hydrogens is 313 g/mol. The van der Waals surface area contributed by atoms with Crippen molar-refractivity contribution < 1.29 is 23.0 Å². The quantitative estimate of drug-likeness (QED) is 0.666. The summed E-state index contributed by atoms with van der Waals surface area (Å²) in [6.45, 7) is 3.11. The van der Waals surface area contributed by atoms with Gasteiger partial charge in [-0.15, -0.1) is 0 Å². The lowest BCUT2D eigenvalue weighted by Crippen LogP contribution is -3.14. The Kier molecular flexibility index (Phi) is 5.05. The van der Waals surface area contributed by atoms with Gasteiger partial charge in [-0.1, -0.05) is 0 Å². The van der Waals surface area contributed by atoms with E-state index in [4.69, 9.17) is 5.26 Å². The number of nitrogens with zero attached hydrogens (tertiary/aromatic N) is 3. The van der Waals surface area contributed by atoms with Crippen molar-refractivity contribution in [2.45, 2.75) is 12.6 Å². The second-order valence-corrected chi connectivity index (χ2v) is 5.35. The number of alkyl halides is 3. The van der Waals surface area contributed by atoms with Crippen molar-refractivity contribution in [2.24, 2.45) is 0 Å². The molecule has 1 N–H and O–H groups in total. The average Bonchev–Trinajstić information content (AvgIpc) is 2.52. The number of hydrogen-bond donors (Lipinski definition) is 1. The highest BCUT2D eigenvalue weighted by atomic mass is 19.4. The number of quaternary nitrogens is 1. The Bertz CT molecular complexity index is 619. The number of nitrogens with one attached hydrogen (secondary N) is 1. The van der Waals surface area contributed by atoms with Gasteiger partial charge in [0.05, 0.1) is 55.7 Å². The highest BCUT2D eigenvalue weighted by molar-refractivity contribution is 5.64. The van der Waals surface area contributed by atoms with E-state index in [2.05, 4.69) is 6.07 Å². The zero-order valence-corrected chi connectivity index (χ0v) is 12.3. The van der Waals surface area contributed by atoms with Crippen LogP contribution < -0.4 is 9.80 Å².